The van der Waals surface area contributed by atoms with Gasteiger partial charge < -0.3 is 4.42 Å². The highest BCUT2D eigenvalue weighted by Crippen LogP contribution is 2.26. The summed E-state index contributed by atoms with van der Waals surface area (Å²) in [5.74, 6) is 0. The molecule has 1 heterocycles. The van der Waals surface area contributed by atoms with E-state index in [9.17, 15) is 9.59 Å². The monoisotopic (exact) mass is 300 g/mol. The zero-order valence-corrected chi connectivity index (χ0v) is 12.5. The molecule has 0 saturated heterocycles. The summed E-state index contributed by atoms with van der Waals surface area (Å²) in [4.78, 5) is 23.8. The highest BCUT2D eigenvalue weighted by atomic mass is 35.5. The molecule has 2 aromatic carbocycles. The third-order valence-corrected chi connectivity index (χ3v) is 3.93. The molecule has 1 aromatic heterocycles. The number of fused-ring (bicyclic) bond motifs is 2. The Morgan fingerprint density at radius 2 is 1.81 bits per heavy atom. The fourth-order valence-corrected chi connectivity index (χ4v) is 2.66. The Kier molecular flexibility index (Phi) is 3.30. The smallest absolute Gasteiger partial charge is 0.226 e. The maximum Gasteiger partial charge on any atom is 0.226 e. The van der Waals surface area contributed by atoms with Gasteiger partial charge in [0.25, 0.3) is 0 Å². The van der Waals surface area contributed by atoms with Gasteiger partial charge in [0.15, 0.2) is 0 Å². The minimum Gasteiger partial charge on any atom is -0.455 e. The Hall–Kier alpha value is -2.13. The number of hydrogen-bond acceptors (Lipinski definition) is 3. The van der Waals surface area contributed by atoms with Crippen molar-refractivity contribution in [1.82, 2.24) is 0 Å². The molecule has 0 saturated carbocycles. The van der Waals surface area contributed by atoms with Gasteiger partial charge in [0, 0.05) is 5.56 Å². The number of carbonyl (C=O) groups excluding carboxylic acids is 1. The van der Waals surface area contributed by atoms with Crippen molar-refractivity contribution in [3.05, 3.63) is 57.2 Å². The van der Waals surface area contributed by atoms with Gasteiger partial charge in [0.1, 0.15) is 11.2 Å². The molecule has 106 valence electrons. The first-order valence-corrected chi connectivity index (χ1v) is 7.00. The Labute approximate surface area is 126 Å². The zero-order valence-electron chi connectivity index (χ0n) is 11.7. The quantitative estimate of drug-likeness (QED) is 0.533. The van der Waals surface area contributed by atoms with E-state index in [2.05, 4.69) is 0 Å². The minimum atomic E-state index is -0.480. The molecule has 3 aromatic rings. The molecule has 3 nitrogen and oxygen atoms in total. The summed E-state index contributed by atoms with van der Waals surface area (Å²) in [5, 5.41) is 0.548. The van der Waals surface area contributed by atoms with Crippen molar-refractivity contribution in [2.24, 2.45) is 0 Å². The molecular formula is C17H13ClO3. The largest absolute Gasteiger partial charge is 0.455 e. The maximum atomic E-state index is 12.6. The molecule has 4 heteroatoms. The van der Waals surface area contributed by atoms with E-state index in [0.717, 1.165) is 11.1 Å². The van der Waals surface area contributed by atoms with Gasteiger partial charge in [0.2, 0.25) is 10.7 Å². The van der Waals surface area contributed by atoms with Gasteiger partial charge in [0.05, 0.1) is 17.2 Å². The zero-order chi connectivity index (χ0) is 15.1. The van der Waals surface area contributed by atoms with Crippen LogP contribution < -0.4 is 5.43 Å². The molecule has 0 aliphatic carbocycles. The van der Waals surface area contributed by atoms with E-state index in [1.54, 1.807) is 24.3 Å². The number of carbonyl (C=O) groups is 1. The minimum absolute atomic E-state index is 0.0399. The fourth-order valence-electron chi connectivity index (χ4n) is 2.52. The van der Waals surface area contributed by atoms with E-state index in [0.29, 0.717) is 27.5 Å². The van der Waals surface area contributed by atoms with Crippen LogP contribution in [0.5, 0.6) is 0 Å². The first-order valence-electron chi connectivity index (χ1n) is 6.62. The molecule has 0 amide bonds. The molecule has 0 N–H and O–H groups in total. The lowest BCUT2D eigenvalue weighted by atomic mass is 10.0. The highest BCUT2D eigenvalue weighted by Gasteiger charge is 2.14. The molecule has 0 bridgehead atoms. The average Bonchev–Trinajstić information content (AvgIpc) is 2.44. The molecule has 0 fully saturated rings. The third-order valence-electron chi connectivity index (χ3n) is 3.80. The molecule has 0 spiro atoms. The average molecular weight is 301 g/mol. The lowest BCUT2D eigenvalue weighted by Crippen LogP contribution is -2.05. The SMILES string of the molecule is Cc1ccc2c(=O)c3cccc(CC(=O)Cl)c3oc2c1C. The van der Waals surface area contributed by atoms with Crippen molar-refractivity contribution in [3.63, 3.8) is 0 Å². The van der Waals surface area contributed by atoms with Gasteiger partial charge in [-0.25, -0.2) is 0 Å². The van der Waals surface area contributed by atoms with Crippen LogP contribution >= 0.6 is 11.6 Å². The predicted molar refractivity (Wildman–Crippen MR) is 84.0 cm³/mol. The van der Waals surface area contributed by atoms with Crippen molar-refractivity contribution in [3.8, 4) is 0 Å². The lowest BCUT2D eigenvalue weighted by Gasteiger charge is -2.08. The highest BCUT2D eigenvalue weighted by molar-refractivity contribution is 6.63. The summed E-state index contributed by atoms with van der Waals surface area (Å²) in [6, 6.07) is 8.89. The van der Waals surface area contributed by atoms with Gasteiger partial charge in [-0.15, -0.1) is 0 Å². The number of benzene rings is 2. The molecule has 0 aliphatic heterocycles. The van der Waals surface area contributed by atoms with Crippen LogP contribution in [0.4, 0.5) is 0 Å². The lowest BCUT2D eigenvalue weighted by molar-refractivity contribution is -0.111. The molecule has 0 radical (unpaired) electrons. The van der Waals surface area contributed by atoms with Crippen LogP contribution in [0.3, 0.4) is 0 Å². The maximum absolute atomic E-state index is 12.6. The number of para-hydroxylation sites is 1. The molecule has 0 unspecified atom stereocenters. The van der Waals surface area contributed by atoms with E-state index in [-0.39, 0.29) is 11.8 Å². The van der Waals surface area contributed by atoms with Gasteiger partial charge >= 0.3 is 0 Å². The van der Waals surface area contributed by atoms with Crippen LogP contribution in [0.25, 0.3) is 21.9 Å². The molecule has 21 heavy (non-hydrogen) atoms. The fraction of sp³-hybridized carbons (Fsp3) is 0.176. The molecular weight excluding hydrogens is 288 g/mol. The number of rotatable bonds is 2. The standard InChI is InChI=1S/C17H13ClO3/c1-9-6-7-13-15(20)12-5-3-4-11(8-14(18)19)17(12)21-16(13)10(9)2/h3-7H,8H2,1-2H3. The van der Waals surface area contributed by atoms with Gasteiger partial charge in [-0.1, -0.05) is 18.2 Å². The van der Waals surface area contributed by atoms with Gasteiger partial charge in [-0.3, -0.25) is 9.59 Å². The van der Waals surface area contributed by atoms with Crippen molar-refractivity contribution in [1.29, 1.82) is 0 Å². The van der Waals surface area contributed by atoms with E-state index >= 15 is 0 Å². The second-order valence-corrected chi connectivity index (χ2v) is 5.56. The van der Waals surface area contributed by atoms with Crippen LogP contribution in [-0.2, 0) is 11.2 Å². The topological polar surface area (TPSA) is 47.3 Å². The van der Waals surface area contributed by atoms with Crippen LogP contribution in [0, 0.1) is 13.8 Å². The Bertz CT molecular complexity index is 938. The summed E-state index contributed by atoms with van der Waals surface area (Å²) in [6.07, 6.45) is 0.0399. The Balaban J connectivity index is 2.49. The summed E-state index contributed by atoms with van der Waals surface area (Å²) in [6.45, 7) is 3.88. The van der Waals surface area contributed by atoms with Crippen LogP contribution in [0.2, 0.25) is 0 Å². The molecule has 0 aliphatic rings. The van der Waals surface area contributed by atoms with E-state index < -0.39 is 5.24 Å². The molecule has 0 atom stereocenters. The van der Waals surface area contributed by atoms with E-state index in [1.807, 2.05) is 19.9 Å². The van der Waals surface area contributed by atoms with Crippen molar-refractivity contribution in [2.45, 2.75) is 20.3 Å². The second-order valence-electron chi connectivity index (χ2n) is 5.14. The second kappa shape index (κ2) is 5.01. The van der Waals surface area contributed by atoms with Crippen LogP contribution in [0.15, 0.2) is 39.5 Å². The number of halogens is 1. The van der Waals surface area contributed by atoms with E-state index in [4.69, 9.17) is 16.0 Å². The van der Waals surface area contributed by atoms with Crippen LogP contribution in [0.1, 0.15) is 16.7 Å². The van der Waals surface area contributed by atoms with Crippen molar-refractivity contribution in [2.75, 3.05) is 0 Å². The molecule has 3 rings (SSSR count). The first-order chi connectivity index (χ1) is 9.99. The van der Waals surface area contributed by atoms with Crippen LogP contribution in [-0.4, -0.2) is 5.24 Å². The normalized spacial score (nSPS) is 11.2. The first kappa shape index (κ1) is 13.8. The Morgan fingerprint density at radius 1 is 1.10 bits per heavy atom. The van der Waals surface area contributed by atoms with Crippen molar-refractivity contribution < 1.29 is 9.21 Å². The summed E-state index contributed by atoms with van der Waals surface area (Å²) < 4.78 is 5.96. The summed E-state index contributed by atoms with van der Waals surface area (Å²) >= 11 is 5.47. The van der Waals surface area contributed by atoms with Crippen molar-refractivity contribution >= 4 is 38.8 Å². The number of aryl methyl sites for hydroxylation is 2. The third kappa shape index (κ3) is 2.24. The van der Waals surface area contributed by atoms with Gasteiger partial charge in [-0.2, -0.15) is 0 Å². The van der Waals surface area contributed by atoms with Gasteiger partial charge in [-0.05, 0) is 48.7 Å². The summed E-state index contributed by atoms with van der Waals surface area (Å²) in [5.41, 5.74) is 3.54. The number of hydrogen-bond donors (Lipinski definition) is 0. The summed E-state index contributed by atoms with van der Waals surface area (Å²) in [7, 11) is 0. The predicted octanol–water partition coefficient (Wildman–Crippen LogP) is 3.87. The van der Waals surface area contributed by atoms with E-state index in [1.165, 1.54) is 0 Å². The Morgan fingerprint density at radius 3 is 2.52 bits per heavy atom.